The molecule has 2 N–H and O–H groups in total. The zero-order valence-electron chi connectivity index (χ0n) is 9.90. The van der Waals surface area contributed by atoms with Crippen molar-refractivity contribution in [1.82, 2.24) is 0 Å². The highest BCUT2D eigenvalue weighted by Gasteiger charge is 2.18. The highest BCUT2D eigenvalue weighted by molar-refractivity contribution is 6.01. The molecule has 100 valence electrons. The van der Waals surface area contributed by atoms with Crippen molar-refractivity contribution < 1.29 is 28.2 Å². The minimum atomic E-state index is -1.41. The Bertz CT molecular complexity index is 649. The fourth-order valence-electron chi connectivity index (χ4n) is 1.62. The highest BCUT2D eigenvalue weighted by atomic mass is 19.1. The lowest BCUT2D eigenvalue weighted by Crippen LogP contribution is -2.09. The minimum absolute atomic E-state index is 0.115. The van der Waals surface area contributed by atoms with Crippen molar-refractivity contribution in [3.63, 3.8) is 0 Å². The van der Waals surface area contributed by atoms with Crippen molar-refractivity contribution in [2.24, 2.45) is 0 Å². The summed E-state index contributed by atoms with van der Waals surface area (Å²) in [4.78, 5) is 22.1. The molecule has 2 rings (SSSR count). The van der Waals surface area contributed by atoms with Crippen LogP contribution in [0.15, 0.2) is 22.6 Å². The van der Waals surface area contributed by atoms with E-state index in [1.54, 1.807) is 6.92 Å². The molecule has 6 nitrogen and oxygen atoms in total. The maximum absolute atomic E-state index is 13.6. The van der Waals surface area contributed by atoms with Crippen molar-refractivity contribution in [2.75, 3.05) is 11.9 Å². The molecule has 0 unspecified atom stereocenters. The second-order valence-corrected chi connectivity index (χ2v) is 3.60. The molecule has 0 fully saturated rings. The summed E-state index contributed by atoms with van der Waals surface area (Å²) < 4.78 is 23.5. The van der Waals surface area contributed by atoms with Gasteiger partial charge < -0.3 is 14.3 Å². The number of nitrogens with one attached hydrogen (secondary N) is 1. The Morgan fingerprint density at radius 2 is 2.21 bits per heavy atom. The van der Waals surface area contributed by atoms with Crippen LogP contribution < -0.4 is 5.32 Å². The first-order valence-electron chi connectivity index (χ1n) is 5.42. The topological polar surface area (TPSA) is 88.8 Å². The maximum Gasteiger partial charge on any atom is 0.409 e. The zero-order valence-corrected chi connectivity index (χ0v) is 9.90. The minimum Gasteiger partial charge on any atom is -0.465 e. The van der Waals surface area contributed by atoms with Crippen molar-refractivity contribution in [3.05, 3.63) is 29.8 Å². The number of anilines is 1. The van der Waals surface area contributed by atoms with Crippen LogP contribution in [0.5, 0.6) is 0 Å². The van der Waals surface area contributed by atoms with Gasteiger partial charge >= 0.3 is 12.1 Å². The number of hydrogen-bond acceptors (Lipinski definition) is 4. The van der Waals surface area contributed by atoms with Gasteiger partial charge in [-0.25, -0.2) is 14.0 Å². The SMILES string of the molecule is CCOC(=O)c1cc2c(NC(=O)O)c(F)ccc2o1. The summed E-state index contributed by atoms with van der Waals surface area (Å²) >= 11 is 0. The average Bonchev–Trinajstić information content (AvgIpc) is 2.77. The Labute approximate surface area is 106 Å². The molecule has 0 aliphatic heterocycles. The van der Waals surface area contributed by atoms with Crippen molar-refractivity contribution in [2.45, 2.75) is 6.92 Å². The number of carboxylic acid groups (broad SMARTS) is 1. The Balaban J connectivity index is 2.52. The molecule has 0 aliphatic rings. The Morgan fingerprint density at radius 3 is 2.84 bits per heavy atom. The Hall–Kier alpha value is -2.57. The summed E-state index contributed by atoms with van der Waals surface area (Å²) in [5, 5.41) is 10.7. The third-order valence-corrected chi connectivity index (χ3v) is 2.36. The van der Waals surface area contributed by atoms with E-state index >= 15 is 0 Å². The molecule has 2 aromatic rings. The maximum atomic E-state index is 13.6. The van der Waals surface area contributed by atoms with Gasteiger partial charge in [0, 0.05) is 11.5 Å². The number of hydrogen-bond donors (Lipinski definition) is 2. The van der Waals surface area contributed by atoms with Crippen LogP contribution in [0.2, 0.25) is 0 Å². The molecule has 1 heterocycles. The predicted molar refractivity (Wildman–Crippen MR) is 63.8 cm³/mol. The van der Waals surface area contributed by atoms with Gasteiger partial charge in [0.25, 0.3) is 0 Å². The van der Waals surface area contributed by atoms with Gasteiger partial charge in [-0.15, -0.1) is 0 Å². The lowest BCUT2D eigenvalue weighted by molar-refractivity contribution is 0.0492. The van der Waals surface area contributed by atoms with E-state index in [9.17, 15) is 14.0 Å². The largest absolute Gasteiger partial charge is 0.465 e. The fraction of sp³-hybridized carbons (Fsp3) is 0.167. The molecular formula is C12H10FNO5. The molecule has 0 saturated carbocycles. The number of carbonyl (C=O) groups is 2. The van der Waals surface area contributed by atoms with Crippen LogP contribution >= 0.6 is 0 Å². The van der Waals surface area contributed by atoms with Crippen molar-refractivity contribution in [1.29, 1.82) is 0 Å². The molecule has 0 radical (unpaired) electrons. The van der Waals surface area contributed by atoms with Gasteiger partial charge in [0.2, 0.25) is 5.76 Å². The summed E-state index contributed by atoms with van der Waals surface area (Å²) in [6.07, 6.45) is -1.41. The number of ether oxygens (including phenoxy) is 1. The molecule has 0 spiro atoms. The first-order chi connectivity index (χ1) is 9.02. The van der Waals surface area contributed by atoms with E-state index < -0.39 is 17.9 Å². The van der Waals surface area contributed by atoms with E-state index in [4.69, 9.17) is 14.3 Å². The molecule has 1 amide bonds. The van der Waals surface area contributed by atoms with Gasteiger partial charge in [-0.3, -0.25) is 5.32 Å². The van der Waals surface area contributed by atoms with Crippen LogP contribution in [-0.2, 0) is 4.74 Å². The van der Waals surface area contributed by atoms with Crippen LogP contribution in [0.4, 0.5) is 14.9 Å². The van der Waals surface area contributed by atoms with E-state index in [0.717, 1.165) is 6.07 Å². The normalized spacial score (nSPS) is 10.4. The first kappa shape index (κ1) is 12.9. The lowest BCUT2D eigenvalue weighted by Gasteiger charge is -2.02. The van der Waals surface area contributed by atoms with Gasteiger partial charge in [0.1, 0.15) is 11.4 Å². The number of amides is 1. The number of halogens is 1. The summed E-state index contributed by atoms with van der Waals surface area (Å²) in [7, 11) is 0. The summed E-state index contributed by atoms with van der Waals surface area (Å²) in [6, 6.07) is 3.59. The van der Waals surface area contributed by atoms with E-state index in [0.29, 0.717) is 0 Å². The lowest BCUT2D eigenvalue weighted by atomic mass is 10.2. The Kier molecular flexibility index (Phi) is 3.37. The van der Waals surface area contributed by atoms with Gasteiger partial charge in [-0.2, -0.15) is 0 Å². The monoisotopic (exact) mass is 267 g/mol. The molecule has 19 heavy (non-hydrogen) atoms. The second-order valence-electron chi connectivity index (χ2n) is 3.60. The molecule has 1 aromatic carbocycles. The third kappa shape index (κ3) is 2.49. The number of fused-ring (bicyclic) bond motifs is 1. The standard InChI is InChI=1S/C12H10FNO5/c1-2-18-11(15)9-5-6-8(19-9)4-3-7(13)10(6)14-12(16)17/h3-5,14H,2H2,1H3,(H,16,17). The number of esters is 1. The second kappa shape index (κ2) is 4.97. The van der Waals surface area contributed by atoms with Gasteiger partial charge in [-0.05, 0) is 19.1 Å². The van der Waals surface area contributed by atoms with Crippen LogP contribution in [-0.4, -0.2) is 23.8 Å². The van der Waals surface area contributed by atoms with E-state index in [1.165, 1.54) is 12.1 Å². The molecule has 7 heteroatoms. The molecule has 1 aromatic heterocycles. The predicted octanol–water partition coefficient (Wildman–Crippen LogP) is 2.84. The van der Waals surface area contributed by atoms with Crippen molar-refractivity contribution >= 4 is 28.7 Å². The molecule has 0 aliphatic carbocycles. The quantitative estimate of drug-likeness (QED) is 0.835. The number of benzene rings is 1. The van der Waals surface area contributed by atoms with E-state index in [-0.39, 0.29) is 29.0 Å². The molecular weight excluding hydrogens is 257 g/mol. The number of rotatable bonds is 3. The van der Waals surface area contributed by atoms with Crippen molar-refractivity contribution in [3.8, 4) is 0 Å². The van der Waals surface area contributed by atoms with Crippen LogP contribution in [0.1, 0.15) is 17.5 Å². The smallest absolute Gasteiger partial charge is 0.409 e. The van der Waals surface area contributed by atoms with E-state index in [2.05, 4.69) is 0 Å². The number of carbonyl (C=O) groups excluding carboxylic acids is 1. The first-order valence-corrected chi connectivity index (χ1v) is 5.42. The zero-order chi connectivity index (χ0) is 14.0. The Morgan fingerprint density at radius 1 is 1.47 bits per heavy atom. The molecule has 0 bridgehead atoms. The third-order valence-electron chi connectivity index (χ3n) is 2.36. The summed E-state index contributed by atoms with van der Waals surface area (Å²) in [5.74, 6) is -1.57. The van der Waals surface area contributed by atoms with Gasteiger partial charge in [0.05, 0.1) is 12.3 Å². The van der Waals surface area contributed by atoms with Gasteiger partial charge in [-0.1, -0.05) is 0 Å². The molecule has 0 atom stereocenters. The van der Waals surface area contributed by atoms with Crippen LogP contribution in [0.3, 0.4) is 0 Å². The average molecular weight is 267 g/mol. The number of furan rings is 1. The fourth-order valence-corrected chi connectivity index (χ4v) is 1.62. The van der Waals surface area contributed by atoms with E-state index in [1.807, 2.05) is 5.32 Å². The van der Waals surface area contributed by atoms with Crippen LogP contribution in [0, 0.1) is 5.82 Å². The summed E-state index contributed by atoms with van der Waals surface area (Å²) in [5.41, 5.74) is -0.0718. The van der Waals surface area contributed by atoms with Gasteiger partial charge in [0.15, 0.2) is 0 Å². The summed E-state index contributed by atoms with van der Waals surface area (Å²) in [6.45, 7) is 1.81. The molecule has 0 saturated heterocycles. The van der Waals surface area contributed by atoms with Crippen LogP contribution in [0.25, 0.3) is 11.0 Å². The highest BCUT2D eigenvalue weighted by Crippen LogP contribution is 2.29.